The molecule has 1 aromatic rings. The van der Waals surface area contributed by atoms with E-state index >= 15 is 0 Å². The maximum Gasteiger partial charge on any atom is 0.191 e. The van der Waals surface area contributed by atoms with Crippen molar-refractivity contribution in [2.24, 2.45) is 10.9 Å². The Morgan fingerprint density at radius 1 is 1.23 bits per heavy atom. The molecule has 2 N–H and O–H groups in total. The van der Waals surface area contributed by atoms with Gasteiger partial charge in [-0.1, -0.05) is 25.0 Å². The van der Waals surface area contributed by atoms with E-state index < -0.39 is 0 Å². The largest absolute Gasteiger partial charge is 0.497 e. The van der Waals surface area contributed by atoms with Gasteiger partial charge in [0.1, 0.15) is 5.75 Å². The maximum absolute atomic E-state index is 5.54. The fourth-order valence-electron chi connectivity index (χ4n) is 5.57. The fraction of sp³-hybridized carbons (Fsp3) is 0.720. The molecule has 3 fully saturated rings. The number of hydrogen-bond donors (Lipinski definition) is 2. The van der Waals surface area contributed by atoms with E-state index in [1.165, 1.54) is 70.1 Å². The average molecular weight is 429 g/mol. The molecule has 172 valence electrons. The normalized spacial score (nSPS) is 25.0. The molecule has 2 aliphatic heterocycles. The van der Waals surface area contributed by atoms with Crippen LogP contribution in [0.5, 0.6) is 5.75 Å². The van der Waals surface area contributed by atoms with Crippen molar-refractivity contribution in [3.05, 3.63) is 29.8 Å². The first kappa shape index (κ1) is 22.4. The van der Waals surface area contributed by atoms with Crippen LogP contribution in [-0.4, -0.2) is 70.5 Å². The number of aliphatic imine (C=N–C) groups is 1. The van der Waals surface area contributed by atoms with E-state index in [0.29, 0.717) is 6.04 Å². The SMILES string of the molecule is CN=C(NCC1(c2cccc(OC)c2)CCCC1)NC1CCN(CC2CCOC2)CC1. The summed E-state index contributed by atoms with van der Waals surface area (Å²) in [5.74, 6) is 2.62. The molecule has 1 atom stereocenters. The van der Waals surface area contributed by atoms with Gasteiger partial charge in [-0.3, -0.25) is 4.99 Å². The van der Waals surface area contributed by atoms with Crippen molar-refractivity contribution < 1.29 is 9.47 Å². The number of benzene rings is 1. The van der Waals surface area contributed by atoms with Crippen LogP contribution in [0.2, 0.25) is 0 Å². The molecule has 2 saturated heterocycles. The molecule has 1 aromatic carbocycles. The fourth-order valence-corrected chi connectivity index (χ4v) is 5.57. The molecule has 0 aromatic heterocycles. The van der Waals surface area contributed by atoms with E-state index in [2.05, 4.69) is 38.7 Å². The second kappa shape index (κ2) is 10.7. The summed E-state index contributed by atoms with van der Waals surface area (Å²) in [6.45, 7) is 6.34. The lowest BCUT2D eigenvalue weighted by Crippen LogP contribution is -2.51. The summed E-state index contributed by atoms with van der Waals surface area (Å²) in [6.07, 6.45) is 8.58. The zero-order chi connectivity index (χ0) is 21.5. The molecule has 31 heavy (non-hydrogen) atoms. The zero-order valence-corrected chi connectivity index (χ0v) is 19.4. The van der Waals surface area contributed by atoms with E-state index in [4.69, 9.17) is 9.47 Å². The average Bonchev–Trinajstić information content (AvgIpc) is 3.51. The van der Waals surface area contributed by atoms with Crippen molar-refractivity contribution in [2.75, 3.05) is 53.6 Å². The van der Waals surface area contributed by atoms with Crippen LogP contribution in [0, 0.1) is 5.92 Å². The van der Waals surface area contributed by atoms with Crippen molar-refractivity contribution in [1.29, 1.82) is 0 Å². The van der Waals surface area contributed by atoms with Gasteiger partial charge in [-0.05, 0) is 55.7 Å². The minimum absolute atomic E-state index is 0.166. The van der Waals surface area contributed by atoms with Crippen LogP contribution < -0.4 is 15.4 Å². The molecule has 2 heterocycles. The van der Waals surface area contributed by atoms with E-state index in [-0.39, 0.29) is 5.41 Å². The lowest BCUT2D eigenvalue weighted by Gasteiger charge is -2.35. The van der Waals surface area contributed by atoms with Gasteiger partial charge in [-0.15, -0.1) is 0 Å². The Bertz CT molecular complexity index is 718. The molecule has 4 rings (SSSR count). The van der Waals surface area contributed by atoms with E-state index in [1.807, 2.05) is 13.1 Å². The van der Waals surface area contributed by atoms with Crippen molar-refractivity contribution in [3.63, 3.8) is 0 Å². The Kier molecular flexibility index (Phi) is 7.72. The van der Waals surface area contributed by atoms with Gasteiger partial charge < -0.3 is 25.0 Å². The second-order valence-electron chi connectivity index (χ2n) is 9.59. The predicted octanol–water partition coefficient (Wildman–Crippen LogP) is 3.17. The molecule has 0 radical (unpaired) electrons. The van der Waals surface area contributed by atoms with Crippen molar-refractivity contribution in [1.82, 2.24) is 15.5 Å². The van der Waals surface area contributed by atoms with E-state index in [9.17, 15) is 0 Å². The Labute approximate surface area is 187 Å². The molecular weight excluding hydrogens is 388 g/mol. The first-order valence-electron chi connectivity index (χ1n) is 12.1. The first-order valence-corrected chi connectivity index (χ1v) is 12.1. The van der Waals surface area contributed by atoms with Gasteiger partial charge in [-0.25, -0.2) is 0 Å². The molecular formula is C25H40N4O2. The number of ether oxygens (including phenoxy) is 2. The summed E-state index contributed by atoms with van der Waals surface area (Å²) in [6, 6.07) is 9.13. The van der Waals surface area contributed by atoms with Gasteiger partial charge in [0.2, 0.25) is 0 Å². The summed E-state index contributed by atoms with van der Waals surface area (Å²) in [4.78, 5) is 7.16. The molecule has 0 spiro atoms. The Morgan fingerprint density at radius 2 is 2.03 bits per heavy atom. The topological polar surface area (TPSA) is 58.1 Å². The highest BCUT2D eigenvalue weighted by molar-refractivity contribution is 5.80. The van der Waals surface area contributed by atoms with Crippen molar-refractivity contribution in [3.8, 4) is 5.75 Å². The molecule has 0 bridgehead atoms. The predicted molar refractivity (Wildman–Crippen MR) is 126 cm³/mol. The highest BCUT2D eigenvalue weighted by atomic mass is 16.5. The zero-order valence-electron chi connectivity index (χ0n) is 19.4. The van der Waals surface area contributed by atoms with Crippen LogP contribution in [-0.2, 0) is 10.2 Å². The highest BCUT2D eigenvalue weighted by Crippen LogP contribution is 2.41. The van der Waals surface area contributed by atoms with E-state index in [1.54, 1.807) is 7.11 Å². The molecule has 0 amide bonds. The third-order valence-corrected chi connectivity index (χ3v) is 7.53. The second-order valence-corrected chi connectivity index (χ2v) is 9.59. The van der Waals surface area contributed by atoms with Crippen LogP contribution >= 0.6 is 0 Å². The van der Waals surface area contributed by atoms with Gasteiger partial charge in [0.25, 0.3) is 0 Å². The Morgan fingerprint density at radius 3 is 2.71 bits per heavy atom. The van der Waals surface area contributed by atoms with Gasteiger partial charge in [0.05, 0.1) is 13.7 Å². The third-order valence-electron chi connectivity index (χ3n) is 7.53. The van der Waals surface area contributed by atoms with Crippen LogP contribution in [0.3, 0.4) is 0 Å². The number of likely N-dealkylation sites (tertiary alicyclic amines) is 1. The number of guanidine groups is 1. The van der Waals surface area contributed by atoms with Gasteiger partial charge in [0.15, 0.2) is 5.96 Å². The number of rotatable bonds is 7. The lowest BCUT2D eigenvalue weighted by molar-refractivity contribution is 0.150. The number of methoxy groups -OCH3 is 1. The summed E-state index contributed by atoms with van der Waals surface area (Å²) >= 11 is 0. The third kappa shape index (κ3) is 5.72. The molecule has 3 aliphatic rings. The smallest absolute Gasteiger partial charge is 0.191 e. The van der Waals surface area contributed by atoms with Gasteiger partial charge >= 0.3 is 0 Å². The first-order chi connectivity index (χ1) is 15.2. The van der Waals surface area contributed by atoms with Crippen LogP contribution in [0.15, 0.2) is 29.3 Å². The standard InChI is InChI=1S/C25H40N4O2/c1-26-24(28-22-8-13-29(14-9-22)17-20-10-15-31-18-20)27-19-25(11-3-4-12-25)21-6-5-7-23(16-21)30-2/h5-7,16,20,22H,3-4,8-15,17-19H2,1-2H3,(H2,26,27,28). The lowest BCUT2D eigenvalue weighted by atomic mass is 9.78. The minimum Gasteiger partial charge on any atom is -0.497 e. The quantitative estimate of drug-likeness (QED) is 0.516. The summed E-state index contributed by atoms with van der Waals surface area (Å²) in [5.41, 5.74) is 1.55. The minimum atomic E-state index is 0.166. The number of nitrogens with zero attached hydrogens (tertiary/aromatic N) is 2. The highest BCUT2D eigenvalue weighted by Gasteiger charge is 2.36. The summed E-state index contributed by atoms with van der Waals surface area (Å²) in [7, 11) is 3.63. The number of piperidine rings is 1. The number of hydrogen-bond acceptors (Lipinski definition) is 4. The monoisotopic (exact) mass is 428 g/mol. The van der Waals surface area contributed by atoms with Crippen molar-refractivity contribution in [2.45, 2.75) is 56.4 Å². The van der Waals surface area contributed by atoms with Crippen LogP contribution in [0.4, 0.5) is 0 Å². The Balaban J connectivity index is 1.28. The van der Waals surface area contributed by atoms with E-state index in [0.717, 1.165) is 37.4 Å². The molecule has 6 nitrogen and oxygen atoms in total. The molecule has 6 heteroatoms. The molecule has 1 unspecified atom stereocenters. The maximum atomic E-state index is 5.54. The molecule has 1 aliphatic carbocycles. The van der Waals surface area contributed by atoms with Crippen LogP contribution in [0.25, 0.3) is 0 Å². The Hall–Kier alpha value is -1.79. The van der Waals surface area contributed by atoms with Crippen molar-refractivity contribution >= 4 is 5.96 Å². The number of nitrogens with one attached hydrogen (secondary N) is 2. The summed E-state index contributed by atoms with van der Waals surface area (Å²) < 4.78 is 11.0. The van der Waals surface area contributed by atoms with Crippen LogP contribution in [0.1, 0.15) is 50.5 Å². The van der Waals surface area contributed by atoms with Gasteiger partial charge in [0, 0.05) is 51.3 Å². The molecule has 1 saturated carbocycles. The summed E-state index contributed by atoms with van der Waals surface area (Å²) in [5, 5.41) is 7.37. The van der Waals surface area contributed by atoms with Gasteiger partial charge in [-0.2, -0.15) is 0 Å².